The van der Waals surface area contributed by atoms with Crippen LogP contribution in [0.5, 0.6) is 0 Å². The minimum Gasteiger partial charge on any atom is -0.450 e. The molecule has 1 N–H and O–H groups in total. The van der Waals surface area contributed by atoms with Crippen LogP contribution in [-0.2, 0) is 0 Å². The van der Waals surface area contributed by atoms with E-state index in [1.54, 1.807) is 11.0 Å². The molecule has 5 nitrogen and oxygen atoms in total. The highest BCUT2D eigenvalue weighted by Gasteiger charge is 2.42. The first kappa shape index (κ1) is 19.3. The third-order valence-corrected chi connectivity index (χ3v) is 5.17. The van der Waals surface area contributed by atoms with E-state index >= 15 is 0 Å². The van der Waals surface area contributed by atoms with Gasteiger partial charge in [0.05, 0.1) is 37.6 Å². The lowest BCUT2D eigenvalue weighted by molar-refractivity contribution is -0.858. The van der Waals surface area contributed by atoms with Crippen molar-refractivity contribution in [3.63, 3.8) is 0 Å². The summed E-state index contributed by atoms with van der Waals surface area (Å²) in [6.07, 6.45) is 0.705. The molecule has 0 fully saturated rings. The highest BCUT2D eigenvalue weighted by Crippen LogP contribution is 2.38. The highest BCUT2D eigenvalue weighted by molar-refractivity contribution is 5.99. The fraction of sp³-hybridized carbons (Fsp3) is 0.273. The Morgan fingerprint density at radius 2 is 1.83 bits per heavy atom. The molecule has 1 aliphatic rings. The standard InChI is InChI=1S/C22H20F2N2O3/c1-25(2)9-4-10-26-19(13-5-3-6-14(23)11-13)18-20(27)16-12-15(24)7-8-17(16)29-21(18)22(26)28/h3,5-8,11-12,19H,4,9-10H2,1-2H3/p+1/t19-/m0/s1. The number of quaternary nitrogens is 1. The Morgan fingerprint density at radius 3 is 2.55 bits per heavy atom. The van der Waals surface area contributed by atoms with Crippen molar-refractivity contribution in [3.8, 4) is 0 Å². The quantitative estimate of drug-likeness (QED) is 0.715. The molecule has 0 radical (unpaired) electrons. The summed E-state index contributed by atoms with van der Waals surface area (Å²) in [6, 6.07) is 8.69. The molecule has 0 unspecified atom stereocenters. The summed E-state index contributed by atoms with van der Waals surface area (Å²) < 4.78 is 33.4. The zero-order valence-electron chi connectivity index (χ0n) is 16.2. The summed E-state index contributed by atoms with van der Waals surface area (Å²) in [4.78, 5) is 29.1. The summed E-state index contributed by atoms with van der Waals surface area (Å²) in [5, 5.41) is 0.0672. The Morgan fingerprint density at radius 1 is 1.07 bits per heavy atom. The number of nitrogens with one attached hydrogen (secondary N) is 1. The lowest BCUT2D eigenvalue weighted by Crippen LogP contribution is -3.05. The van der Waals surface area contributed by atoms with E-state index in [9.17, 15) is 18.4 Å². The first-order valence-electron chi connectivity index (χ1n) is 9.48. The normalized spacial score (nSPS) is 16.1. The third-order valence-electron chi connectivity index (χ3n) is 5.17. The maximum Gasteiger partial charge on any atom is 0.290 e. The molecule has 3 aromatic rings. The van der Waals surface area contributed by atoms with Crippen LogP contribution >= 0.6 is 0 Å². The largest absolute Gasteiger partial charge is 0.450 e. The van der Waals surface area contributed by atoms with E-state index in [2.05, 4.69) is 0 Å². The van der Waals surface area contributed by atoms with Gasteiger partial charge < -0.3 is 14.2 Å². The molecule has 4 rings (SSSR count). The van der Waals surface area contributed by atoms with Crippen LogP contribution in [0.25, 0.3) is 11.0 Å². The van der Waals surface area contributed by atoms with E-state index in [-0.39, 0.29) is 22.3 Å². The molecule has 0 spiro atoms. The van der Waals surface area contributed by atoms with Crippen molar-refractivity contribution in [1.82, 2.24) is 4.90 Å². The summed E-state index contributed by atoms with van der Waals surface area (Å²) in [7, 11) is 4.02. The Labute approximate surface area is 166 Å². The van der Waals surface area contributed by atoms with Gasteiger partial charge in [-0.05, 0) is 35.9 Å². The molecule has 29 heavy (non-hydrogen) atoms. The van der Waals surface area contributed by atoms with Crippen LogP contribution < -0.4 is 10.3 Å². The molecule has 0 saturated heterocycles. The van der Waals surface area contributed by atoms with E-state index in [1.807, 2.05) is 14.1 Å². The van der Waals surface area contributed by atoms with Crippen LogP contribution in [0.4, 0.5) is 8.78 Å². The number of rotatable bonds is 5. The predicted octanol–water partition coefficient (Wildman–Crippen LogP) is 2.15. The van der Waals surface area contributed by atoms with Crippen molar-refractivity contribution in [1.29, 1.82) is 0 Å². The summed E-state index contributed by atoms with van der Waals surface area (Å²) in [6.45, 7) is 1.21. The van der Waals surface area contributed by atoms with Gasteiger partial charge >= 0.3 is 0 Å². The van der Waals surface area contributed by atoms with E-state index in [0.717, 1.165) is 12.6 Å². The van der Waals surface area contributed by atoms with Crippen molar-refractivity contribution in [2.75, 3.05) is 27.2 Å². The molecule has 1 aromatic heterocycles. The number of amides is 1. The highest BCUT2D eigenvalue weighted by atomic mass is 19.1. The SMILES string of the molecule is C[NH+](C)CCCN1C(=O)c2oc3ccc(F)cc3c(=O)c2[C@@H]1c1cccc(F)c1. The zero-order valence-corrected chi connectivity index (χ0v) is 16.2. The second-order valence-corrected chi connectivity index (χ2v) is 7.58. The van der Waals surface area contributed by atoms with Crippen molar-refractivity contribution < 1.29 is 22.9 Å². The Kier molecular flexibility index (Phi) is 4.92. The molecule has 2 aromatic carbocycles. The van der Waals surface area contributed by atoms with Gasteiger partial charge in [-0.2, -0.15) is 0 Å². The van der Waals surface area contributed by atoms with Crippen LogP contribution in [0.3, 0.4) is 0 Å². The zero-order chi connectivity index (χ0) is 20.7. The maximum absolute atomic E-state index is 13.9. The number of nitrogens with zero attached hydrogens (tertiary/aromatic N) is 1. The van der Waals surface area contributed by atoms with Gasteiger partial charge in [-0.1, -0.05) is 12.1 Å². The van der Waals surface area contributed by atoms with Crippen molar-refractivity contribution in [3.05, 3.63) is 81.2 Å². The first-order chi connectivity index (χ1) is 13.9. The molecular weight excluding hydrogens is 378 g/mol. The van der Waals surface area contributed by atoms with Gasteiger partial charge in [0.2, 0.25) is 5.76 Å². The lowest BCUT2D eigenvalue weighted by atomic mass is 9.98. The molecule has 0 aliphatic carbocycles. The van der Waals surface area contributed by atoms with Gasteiger partial charge in [0, 0.05) is 13.0 Å². The van der Waals surface area contributed by atoms with Gasteiger partial charge in [0.15, 0.2) is 5.43 Å². The number of carbonyl (C=O) groups is 1. The average Bonchev–Trinajstić information content (AvgIpc) is 2.95. The maximum atomic E-state index is 13.9. The molecule has 7 heteroatoms. The topological polar surface area (TPSA) is 55.0 Å². The van der Waals surface area contributed by atoms with E-state index in [1.165, 1.54) is 35.2 Å². The number of carbonyl (C=O) groups excluding carboxylic acids is 1. The van der Waals surface area contributed by atoms with Crippen LogP contribution in [0.15, 0.2) is 51.7 Å². The van der Waals surface area contributed by atoms with Gasteiger partial charge in [-0.15, -0.1) is 0 Å². The van der Waals surface area contributed by atoms with Crippen LogP contribution in [0.2, 0.25) is 0 Å². The number of hydrogen-bond acceptors (Lipinski definition) is 3. The van der Waals surface area contributed by atoms with E-state index in [4.69, 9.17) is 4.42 Å². The third kappa shape index (κ3) is 3.42. The van der Waals surface area contributed by atoms with E-state index in [0.29, 0.717) is 18.5 Å². The minimum absolute atomic E-state index is 0.0550. The summed E-state index contributed by atoms with van der Waals surface area (Å²) in [5.74, 6) is -1.49. The van der Waals surface area contributed by atoms with Crippen LogP contribution in [0, 0.1) is 11.6 Å². The van der Waals surface area contributed by atoms with Crippen molar-refractivity contribution in [2.24, 2.45) is 0 Å². The van der Waals surface area contributed by atoms with Crippen molar-refractivity contribution in [2.45, 2.75) is 12.5 Å². The minimum atomic E-state index is -0.769. The Balaban J connectivity index is 1.89. The molecule has 1 aliphatic heterocycles. The number of halogens is 2. The lowest BCUT2D eigenvalue weighted by Gasteiger charge is -2.25. The fourth-order valence-corrected chi connectivity index (χ4v) is 3.85. The van der Waals surface area contributed by atoms with Crippen molar-refractivity contribution >= 4 is 16.9 Å². The van der Waals surface area contributed by atoms with E-state index < -0.39 is 29.0 Å². The fourth-order valence-electron chi connectivity index (χ4n) is 3.85. The molecule has 1 atom stereocenters. The predicted molar refractivity (Wildman–Crippen MR) is 104 cm³/mol. The second-order valence-electron chi connectivity index (χ2n) is 7.58. The van der Waals surface area contributed by atoms with Crippen LogP contribution in [-0.4, -0.2) is 38.0 Å². The second kappa shape index (κ2) is 7.40. The monoisotopic (exact) mass is 399 g/mol. The van der Waals surface area contributed by atoms with Gasteiger partial charge in [-0.25, -0.2) is 8.78 Å². The van der Waals surface area contributed by atoms with Gasteiger partial charge in [0.25, 0.3) is 5.91 Å². The molecule has 2 heterocycles. The number of benzene rings is 2. The smallest absolute Gasteiger partial charge is 0.290 e. The molecule has 150 valence electrons. The molecular formula is C22H21F2N2O3+. The molecule has 0 bridgehead atoms. The number of fused-ring (bicyclic) bond motifs is 2. The first-order valence-corrected chi connectivity index (χ1v) is 9.48. The van der Waals surface area contributed by atoms with Crippen LogP contribution in [0.1, 0.15) is 34.1 Å². The summed E-state index contributed by atoms with van der Waals surface area (Å²) in [5.41, 5.74) is 0.304. The molecule has 1 amide bonds. The van der Waals surface area contributed by atoms with Gasteiger partial charge in [-0.3, -0.25) is 9.59 Å². The van der Waals surface area contributed by atoms with Gasteiger partial charge in [0.1, 0.15) is 17.2 Å². The Bertz CT molecular complexity index is 1160. The Hall–Kier alpha value is -3.06. The average molecular weight is 399 g/mol. The molecule has 0 saturated carbocycles. The summed E-state index contributed by atoms with van der Waals surface area (Å²) >= 11 is 0. The number of hydrogen-bond donors (Lipinski definition) is 1.